The lowest BCUT2D eigenvalue weighted by Gasteiger charge is -2.42. The van der Waals surface area contributed by atoms with Gasteiger partial charge in [-0.2, -0.15) is 10.1 Å². The highest BCUT2D eigenvalue weighted by Gasteiger charge is 2.51. The first kappa shape index (κ1) is 17.1. The average molecular weight is 364 g/mol. The van der Waals surface area contributed by atoms with E-state index in [0.29, 0.717) is 24.5 Å². The SMILES string of the molecule is CCN1C(n2nc(C)cc2C)=NC2=C(N)N=C(N)NC21Cc1ccccc1. The second kappa shape index (κ2) is 6.15. The van der Waals surface area contributed by atoms with Crippen molar-refractivity contribution in [3.8, 4) is 0 Å². The van der Waals surface area contributed by atoms with Gasteiger partial charge in [-0.25, -0.2) is 9.67 Å². The zero-order valence-corrected chi connectivity index (χ0v) is 15.8. The number of rotatable bonds is 3. The van der Waals surface area contributed by atoms with Crippen LogP contribution in [0.4, 0.5) is 0 Å². The zero-order valence-electron chi connectivity index (χ0n) is 15.8. The topological polar surface area (TPSA) is 110 Å². The molecule has 1 unspecified atom stereocenters. The Morgan fingerprint density at radius 1 is 1.11 bits per heavy atom. The van der Waals surface area contributed by atoms with Crippen molar-refractivity contribution in [1.29, 1.82) is 0 Å². The molecule has 0 amide bonds. The van der Waals surface area contributed by atoms with Crippen LogP contribution in [0.5, 0.6) is 0 Å². The van der Waals surface area contributed by atoms with Crippen LogP contribution in [0.15, 0.2) is 57.9 Å². The molecule has 140 valence electrons. The third kappa shape index (κ3) is 2.64. The summed E-state index contributed by atoms with van der Waals surface area (Å²) < 4.78 is 1.85. The normalized spacial score (nSPS) is 21.7. The Hall–Kier alpha value is -3.29. The van der Waals surface area contributed by atoms with Gasteiger partial charge in [-0.05, 0) is 32.4 Å². The Labute approximate surface area is 158 Å². The molecule has 8 heteroatoms. The molecule has 0 bridgehead atoms. The zero-order chi connectivity index (χ0) is 19.2. The smallest absolute Gasteiger partial charge is 0.229 e. The van der Waals surface area contributed by atoms with Crippen molar-refractivity contribution < 1.29 is 0 Å². The van der Waals surface area contributed by atoms with Crippen molar-refractivity contribution in [3.63, 3.8) is 0 Å². The van der Waals surface area contributed by atoms with E-state index in [4.69, 9.17) is 16.5 Å². The van der Waals surface area contributed by atoms with E-state index in [2.05, 4.69) is 39.4 Å². The van der Waals surface area contributed by atoms with Crippen molar-refractivity contribution in [2.75, 3.05) is 6.54 Å². The molecule has 5 N–H and O–H groups in total. The molecular weight excluding hydrogens is 340 g/mol. The van der Waals surface area contributed by atoms with E-state index < -0.39 is 5.66 Å². The van der Waals surface area contributed by atoms with E-state index in [1.165, 1.54) is 0 Å². The minimum atomic E-state index is -0.701. The summed E-state index contributed by atoms with van der Waals surface area (Å²) >= 11 is 0. The van der Waals surface area contributed by atoms with Gasteiger partial charge < -0.3 is 21.7 Å². The van der Waals surface area contributed by atoms with Gasteiger partial charge in [-0.1, -0.05) is 30.3 Å². The van der Waals surface area contributed by atoms with Crippen molar-refractivity contribution in [1.82, 2.24) is 20.0 Å². The summed E-state index contributed by atoms with van der Waals surface area (Å²) in [6.45, 7) is 6.76. The number of hydrogen-bond donors (Lipinski definition) is 3. The van der Waals surface area contributed by atoms with Gasteiger partial charge in [0.2, 0.25) is 5.96 Å². The molecule has 1 aromatic carbocycles. The van der Waals surface area contributed by atoms with Gasteiger partial charge in [0.1, 0.15) is 5.70 Å². The van der Waals surface area contributed by atoms with E-state index >= 15 is 0 Å². The molecule has 1 aromatic heterocycles. The van der Waals surface area contributed by atoms with Crippen LogP contribution in [-0.4, -0.2) is 38.8 Å². The van der Waals surface area contributed by atoms with Crippen LogP contribution in [0.2, 0.25) is 0 Å². The molecular formula is C19H24N8. The van der Waals surface area contributed by atoms with E-state index in [1.807, 2.05) is 42.8 Å². The predicted octanol–water partition coefficient (Wildman–Crippen LogP) is 1.02. The lowest BCUT2D eigenvalue weighted by atomic mass is 9.94. The molecule has 0 saturated carbocycles. The maximum Gasteiger partial charge on any atom is 0.229 e. The number of likely N-dealkylation sites (N-methyl/N-ethyl adjacent to an activating group) is 1. The Morgan fingerprint density at radius 2 is 1.85 bits per heavy atom. The molecule has 1 atom stereocenters. The van der Waals surface area contributed by atoms with Crippen LogP contribution in [0.1, 0.15) is 23.9 Å². The van der Waals surface area contributed by atoms with E-state index in [9.17, 15) is 0 Å². The van der Waals surface area contributed by atoms with Crippen LogP contribution in [0.3, 0.4) is 0 Å². The van der Waals surface area contributed by atoms with Crippen LogP contribution in [-0.2, 0) is 6.42 Å². The maximum absolute atomic E-state index is 6.26. The lowest BCUT2D eigenvalue weighted by molar-refractivity contribution is 0.204. The maximum atomic E-state index is 6.26. The monoisotopic (exact) mass is 364 g/mol. The van der Waals surface area contributed by atoms with Gasteiger partial charge in [-0.3, -0.25) is 0 Å². The fourth-order valence-electron chi connectivity index (χ4n) is 3.89. The number of aliphatic imine (C=N–C) groups is 2. The Bertz CT molecular complexity index is 969. The van der Waals surface area contributed by atoms with Crippen molar-refractivity contribution in [3.05, 3.63) is 64.9 Å². The highest BCUT2D eigenvalue weighted by Crippen LogP contribution is 2.37. The number of fused-ring (bicyclic) bond motifs is 1. The number of hydrogen-bond acceptors (Lipinski definition) is 7. The number of aromatic nitrogens is 2. The average Bonchev–Trinajstić information content (AvgIpc) is 3.11. The number of nitrogens with two attached hydrogens (primary N) is 2. The third-order valence-corrected chi connectivity index (χ3v) is 4.94. The summed E-state index contributed by atoms with van der Waals surface area (Å²) in [6.07, 6.45) is 0.639. The summed E-state index contributed by atoms with van der Waals surface area (Å²) in [6, 6.07) is 12.2. The van der Waals surface area contributed by atoms with Crippen molar-refractivity contribution in [2.24, 2.45) is 21.5 Å². The molecule has 0 aliphatic carbocycles. The molecule has 0 radical (unpaired) electrons. The van der Waals surface area contributed by atoms with Gasteiger partial charge in [0, 0.05) is 18.7 Å². The standard InChI is InChI=1S/C19H24N8/c1-4-26-18(27-13(3)10-12(2)25-27)22-15-16(20)23-17(21)24-19(15,26)11-14-8-6-5-7-9-14/h5-10H,4,11,20H2,1-3H3,(H3,21,23,24). The number of nitrogens with zero attached hydrogens (tertiary/aromatic N) is 5. The molecule has 2 aromatic rings. The number of benzene rings is 1. The first-order valence-electron chi connectivity index (χ1n) is 9.01. The minimum Gasteiger partial charge on any atom is -0.382 e. The molecule has 0 fully saturated rings. The first-order valence-corrected chi connectivity index (χ1v) is 9.01. The molecule has 8 nitrogen and oxygen atoms in total. The highest BCUT2D eigenvalue weighted by molar-refractivity contribution is 5.91. The number of nitrogens with one attached hydrogen (secondary N) is 1. The Balaban J connectivity index is 1.88. The molecule has 0 spiro atoms. The molecule has 2 aliphatic rings. The number of guanidine groups is 1. The summed E-state index contributed by atoms with van der Waals surface area (Å²) in [4.78, 5) is 11.2. The van der Waals surface area contributed by atoms with Crippen LogP contribution >= 0.6 is 0 Å². The van der Waals surface area contributed by atoms with Gasteiger partial charge in [0.25, 0.3) is 0 Å². The number of aryl methyl sites for hydroxylation is 2. The fourth-order valence-corrected chi connectivity index (χ4v) is 3.89. The van der Waals surface area contributed by atoms with Crippen molar-refractivity contribution in [2.45, 2.75) is 32.9 Å². The van der Waals surface area contributed by atoms with Crippen molar-refractivity contribution >= 4 is 11.9 Å². The second-order valence-corrected chi connectivity index (χ2v) is 6.87. The van der Waals surface area contributed by atoms with E-state index in [1.54, 1.807) is 0 Å². The van der Waals surface area contributed by atoms with Gasteiger partial charge in [0.15, 0.2) is 17.4 Å². The third-order valence-electron chi connectivity index (χ3n) is 4.94. The van der Waals surface area contributed by atoms with Crippen LogP contribution in [0.25, 0.3) is 0 Å². The summed E-state index contributed by atoms with van der Waals surface area (Å²) in [5.41, 5.74) is 15.4. The summed E-state index contributed by atoms with van der Waals surface area (Å²) in [7, 11) is 0. The van der Waals surface area contributed by atoms with Gasteiger partial charge in [-0.15, -0.1) is 0 Å². The van der Waals surface area contributed by atoms with Gasteiger partial charge >= 0.3 is 0 Å². The quantitative estimate of drug-likeness (QED) is 0.753. The molecule has 4 rings (SSSR count). The second-order valence-electron chi connectivity index (χ2n) is 6.87. The Kier molecular flexibility index (Phi) is 3.91. The first-order chi connectivity index (χ1) is 12.9. The van der Waals surface area contributed by atoms with Gasteiger partial charge in [0.05, 0.1) is 5.69 Å². The largest absolute Gasteiger partial charge is 0.382 e. The fraction of sp³-hybridized carbons (Fsp3) is 0.316. The predicted molar refractivity (Wildman–Crippen MR) is 106 cm³/mol. The molecule has 2 aliphatic heterocycles. The lowest BCUT2D eigenvalue weighted by Crippen LogP contribution is -2.65. The summed E-state index contributed by atoms with van der Waals surface area (Å²) in [5, 5.41) is 7.97. The minimum absolute atomic E-state index is 0.287. The molecule has 27 heavy (non-hydrogen) atoms. The van der Waals surface area contributed by atoms with E-state index in [0.717, 1.165) is 22.9 Å². The van der Waals surface area contributed by atoms with Crippen LogP contribution in [0, 0.1) is 13.8 Å². The van der Waals surface area contributed by atoms with E-state index in [-0.39, 0.29) is 5.96 Å². The molecule has 3 heterocycles. The van der Waals surface area contributed by atoms with Crippen LogP contribution < -0.4 is 16.8 Å². The highest BCUT2D eigenvalue weighted by atomic mass is 15.5. The molecule has 0 saturated heterocycles. The summed E-state index contributed by atoms with van der Waals surface area (Å²) in [5.74, 6) is 1.34. The Morgan fingerprint density at radius 3 is 2.48 bits per heavy atom.